The highest BCUT2D eigenvalue weighted by atomic mass is 35.7. The molecule has 2 nitrogen and oxygen atoms in total. The Morgan fingerprint density at radius 1 is 1.50 bits per heavy atom. The van der Waals surface area contributed by atoms with E-state index in [0.29, 0.717) is 0 Å². The third-order valence-electron chi connectivity index (χ3n) is 0.846. The van der Waals surface area contributed by atoms with Gasteiger partial charge in [-0.2, -0.15) is 0 Å². The molecule has 1 aliphatic rings. The molecule has 1 aliphatic carbocycles. The summed E-state index contributed by atoms with van der Waals surface area (Å²) in [4.78, 5) is 0. The first-order valence-electron chi connectivity index (χ1n) is 2.22. The molecule has 0 heterocycles. The van der Waals surface area contributed by atoms with Crippen molar-refractivity contribution in [3.63, 3.8) is 0 Å². The van der Waals surface area contributed by atoms with Crippen molar-refractivity contribution in [1.29, 1.82) is 0 Å². The monoisotopic (exact) mass is 152 g/mol. The maximum atomic E-state index is 10.2. The highest BCUT2D eigenvalue weighted by molar-refractivity contribution is 8.16. The zero-order valence-electron chi connectivity index (χ0n) is 4.09. The smallest absolute Gasteiger partial charge is 0.208 e. The summed E-state index contributed by atoms with van der Waals surface area (Å²) < 4.78 is 20.3. The van der Waals surface area contributed by atoms with Crippen LogP contribution in [0, 0.1) is 0 Å². The van der Waals surface area contributed by atoms with Gasteiger partial charge in [0.15, 0.2) is 0 Å². The van der Waals surface area contributed by atoms with Gasteiger partial charge in [-0.15, -0.1) is 0 Å². The summed E-state index contributed by atoms with van der Waals surface area (Å²) >= 11 is 0. The summed E-state index contributed by atoms with van der Waals surface area (Å²) in [6, 6.07) is 0. The van der Waals surface area contributed by atoms with Crippen molar-refractivity contribution in [2.75, 3.05) is 0 Å². The first-order valence-corrected chi connectivity index (χ1v) is 4.59. The third-order valence-corrected chi connectivity index (χ3v) is 1.73. The van der Waals surface area contributed by atoms with Crippen LogP contribution in [0.25, 0.3) is 0 Å². The summed E-state index contributed by atoms with van der Waals surface area (Å²) in [5.41, 5.74) is 0.931. The molecular formula is C4H5ClO2S. The van der Waals surface area contributed by atoms with Crippen molar-refractivity contribution < 1.29 is 8.42 Å². The van der Waals surface area contributed by atoms with Crippen LogP contribution < -0.4 is 0 Å². The molecule has 4 heteroatoms. The predicted molar refractivity (Wildman–Crippen MR) is 32.1 cm³/mol. The van der Waals surface area contributed by atoms with E-state index in [1.165, 1.54) is 0 Å². The van der Waals surface area contributed by atoms with Gasteiger partial charge in [0.25, 0.3) is 9.05 Å². The van der Waals surface area contributed by atoms with Crippen molar-refractivity contribution >= 4 is 19.7 Å². The molecule has 0 aromatic carbocycles. The van der Waals surface area contributed by atoms with Gasteiger partial charge < -0.3 is 0 Å². The molecule has 1 rings (SSSR count). The fraction of sp³-hybridized carbons (Fsp3) is 0.500. The molecule has 8 heavy (non-hydrogen) atoms. The lowest BCUT2D eigenvalue weighted by Gasteiger charge is -1.75. The van der Waals surface area contributed by atoms with E-state index in [0.717, 1.165) is 23.8 Å². The van der Waals surface area contributed by atoms with Gasteiger partial charge in [-0.05, 0) is 12.8 Å². The van der Waals surface area contributed by atoms with Crippen LogP contribution in [-0.2, 0) is 9.05 Å². The van der Waals surface area contributed by atoms with E-state index in [9.17, 15) is 8.42 Å². The number of allylic oxidation sites excluding steroid dienone is 1. The van der Waals surface area contributed by atoms with E-state index in [-0.39, 0.29) is 0 Å². The molecule has 0 radical (unpaired) electrons. The van der Waals surface area contributed by atoms with Crippen molar-refractivity contribution in [3.8, 4) is 0 Å². The topological polar surface area (TPSA) is 34.1 Å². The Bertz CT molecular complexity index is 208. The van der Waals surface area contributed by atoms with Crippen LogP contribution in [0.5, 0.6) is 0 Å². The molecule has 0 aliphatic heterocycles. The average molecular weight is 153 g/mol. The second kappa shape index (κ2) is 1.74. The minimum Gasteiger partial charge on any atom is -0.208 e. The molecule has 0 aromatic heterocycles. The quantitative estimate of drug-likeness (QED) is 0.530. The van der Waals surface area contributed by atoms with Gasteiger partial charge in [0.1, 0.15) is 0 Å². The molecule has 1 fully saturated rings. The van der Waals surface area contributed by atoms with E-state index < -0.39 is 9.05 Å². The minimum absolute atomic E-state index is 0.895. The fourth-order valence-corrected chi connectivity index (χ4v) is 1.40. The third kappa shape index (κ3) is 2.33. The number of hydrogen-bond donors (Lipinski definition) is 0. The van der Waals surface area contributed by atoms with Crippen LogP contribution in [0.2, 0.25) is 0 Å². The van der Waals surface area contributed by atoms with E-state index >= 15 is 0 Å². The van der Waals surface area contributed by atoms with Gasteiger partial charge in [0.05, 0.1) is 0 Å². The SMILES string of the molecule is O=S(=O)(Cl)C=C1CC1. The molecule has 0 spiro atoms. The summed E-state index contributed by atoms with van der Waals surface area (Å²) in [7, 11) is 1.51. The Morgan fingerprint density at radius 2 is 2.00 bits per heavy atom. The van der Waals surface area contributed by atoms with Crippen LogP contribution in [0.1, 0.15) is 12.8 Å². The highest BCUT2D eigenvalue weighted by Crippen LogP contribution is 2.29. The maximum absolute atomic E-state index is 10.2. The Kier molecular flexibility index (Phi) is 1.33. The van der Waals surface area contributed by atoms with Crippen molar-refractivity contribution in [2.24, 2.45) is 0 Å². The van der Waals surface area contributed by atoms with E-state index in [1.807, 2.05) is 0 Å². The van der Waals surface area contributed by atoms with Gasteiger partial charge in [-0.25, -0.2) is 8.42 Å². The lowest BCUT2D eigenvalue weighted by Crippen LogP contribution is -1.77. The zero-order chi connectivity index (χ0) is 6.20. The number of rotatable bonds is 1. The van der Waals surface area contributed by atoms with Gasteiger partial charge in [-0.1, -0.05) is 5.57 Å². The normalized spacial score (nSPS) is 18.4. The number of halogens is 1. The fourth-order valence-electron chi connectivity index (χ4n) is 0.389. The lowest BCUT2D eigenvalue weighted by molar-refractivity contribution is 0.617. The van der Waals surface area contributed by atoms with E-state index in [2.05, 4.69) is 0 Å². The lowest BCUT2D eigenvalue weighted by atomic mass is 10.7. The second-order valence-corrected chi connectivity index (χ2v) is 4.23. The van der Waals surface area contributed by atoms with E-state index in [4.69, 9.17) is 10.7 Å². The Labute approximate surface area is 52.6 Å². The predicted octanol–water partition coefficient (Wildman–Crippen LogP) is 1.23. The Hall–Kier alpha value is -0.0200. The molecule has 0 unspecified atom stereocenters. The molecule has 0 atom stereocenters. The van der Waals surface area contributed by atoms with Gasteiger partial charge >= 0.3 is 0 Å². The zero-order valence-corrected chi connectivity index (χ0v) is 5.67. The van der Waals surface area contributed by atoms with Crippen LogP contribution in [0.15, 0.2) is 11.0 Å². The first kappa shape index (κ1) is 6.11. The van der Waals surface area contributed by atoms with Gasteiger partial charge in [0, 0.05) is 16.1 Å². The summed E-state index contributed by atoms with van der Waals surface area (Å²) in [6.07, 6.45) is 1.79. The first-order chi connectivity index (χ1) is 3.58. The van der Waals surface area contributed by atoms with Crippen molar-refractivity contribution in [2.45, 2.75) is 12.8 Å². The molecule has 0 saturated heterocycles. The summed E-state index contributed by atoms with van der Waals surface area (Å²) in [6.45, 7) is 0. The number of hydrogen-bond acceptors (Lipinski definition) is 2. The standard InChI is InChI=1S/C4H5ClO2S/c5-8(6,7)3-4-1-2-4/h3H,1-2H2. The molecular weight excluding hydrogens is 148 g/mol. The van der Waals surface area contributed by atoms with Crippen molar-refractivity contribution in [3.05, 3.63) is 11.0 Å². The van der Waals surface area contributed by atoms with Crippen LogP contribution >= 0.6 is 10.7 Å². The largest absolute Gasteiger partial charge is 0.254 e. The molecule has 0 bridgehead atoms. The summed E-state index contributed by atoms with van der Waals surface area (Å²) in [5.74, 6) is 0. The van der Waals surface area contributed by atoms with Crippen LogP contribution in [-0.4, -0.2) is 8.42 Å². The van der Waals surface area contributed by atoms with E-state index in [1.54, 1.807) is 0 Å². The molecule has 1 saturated carbocycles. The second-order valence-electron chi connectivity index (χ2n) is 1.75. The van der Waals surface area contributed by atoms with Gasteiger partial charge in [-0.3, -0.25) is 0 Å². The van der Waals surface area contributed by atoms with Crippen LogP contribution in [0.4, 0.5) is 0 Å². The molecule has 0 aromatic rings. The van der Waals surface area contributed by atoms with Gasteiger partial charge in [0.2, 0.25) is 0 Å². The molecule has 0 amide bonds. The minimum atomic E-state index is -3.35. The van der Waals surface area contributed by atoms with Crippen LogP contribution in [0.3, 0.4) is 0 Å². The van der Waals surface area contributed by atoms with Crippen molar-refractivity contribution in [1.82, 2.24) is 0 Å². The molecule has 0 N–H and O–H groups in total. The molecule has 46 valence electrons. The Balaban J connectivity index is 2.77. The average Bonchev–Trinajstić information content (AvgIpc) is 2.12. The summed E-state index contributed by atoms with van der Waals surface area (Å²) in [5, 5.41) is 1.12. The Morgan fingerprint density at radius 3 is 2.12 bits per heavy atom. The highest BCUT2D eigenvalue weighted by Gasteiger charge is 2.14. The maximum Gasteiger partial charge on any atom is 0.254 e.